The van der Waals surface area contributed by atoms with Gasteiger partial charge in [-0.25, -0.2) is 4.98 Å². The van der Waals surface area contributed by atoms with Crippen molar-refractivity contribution in [2.75, 3.05) is 11.9 Å². The van der Waals surface area contributed by atoms with Gasteiger partial charge in [0.2, 0.25) is 0 Å². The van der Waals surface area contributed by atoms with E-state index in [1.165, 1.54) is 16.9 Å². The predicted octanol–water partition coefficient (Wildman–Crippen LogP) is 4.50. The van der Waals surface area contributed by atoms with E-state index in [-0.39, 0.29) is 13.0 Å². The van der Waals surface area contributed by atoms with Crippen LogP contribution in [0.15, 0.2) is 53.9 Å². The lowest BCUT2D eigenvalue weighted by atomic mass is 10.2. The number of halogens is 1. The standard InChI is InChI=1S/C20H17ClN2O3S/c1-13-5-7-14(8-6-13)20-23-17(12-27-20)10-19(25)26-11-18(24)22-16-4-2-3-15(21)9-16/h2-9,12H,10-11H2,1H3,(H,22,24). The van der Waals surface area contributed by atoms with Gasteiger partial charge >= 0.3 is 5.97 Å². The van der Waals surface area contributed by atoms with Gasteiger partial charge in [-0.3, -0.25) is 9.59 Å². The lowest BCUT2D eigenvalue weighted by Gasteiger charge is -2.06. The summed E-state index contributed by atoms with van der Waals surface area (Å²) in [5, 5.41) is 5.80. The summed E-state index contributed by atoms with van der Waals surface area (Å²) in [5.41, 5.74) is 3.35. The molecule has 0 aliphatic carbocycles. The Kier molecular flexibility index (Phi) is 6.21. The van der Waals surface area contributed by atoms with E-state index in [9.17, 15) is 9.59 Å². The van der Waals surface area contributed by atoms with Crippen LogP contribution >= 0.6 is 22.9 Å². The maximum Gasteiger partial charge on any atom is 0.312 e. The molecule has 0 saturated heterocycles. The lowest BCUT2D eigenvalue weighted by Crippen LogP contribution is -2.21. The van der Waals surface area contributed by atoms with Crippen molar-refractivity contribution in [1.82, 2.24) is 4.98 Å². The van der Waals surface area contributed by atoms with E-state index in [4.69, 9.17) is 16.3 Å². The number of carbonyl (C=O) groups excluding carboxylic acids is 2. The van der Waals surface area contributed by atoms with Crippen molar-refractivity contribution < 1.29 is 14.3 Å². The molecule has 0 aliphatic heterocycles. The van der Waals surface area contributed by atoms with Crippen molar-refractivity contribution in [3.63, 3.8) is 0 Å². The summed E-state index contributed by atoms with van der Waals surface area (Å²) in [6.07, 6.45) is 0.0206. The Morgan fingerprint density at radius 3 is 2.70 bits per heavy atom. The number of aryl methyl sites for hydroxylation is 1. The molecule has 0 bridgehead atoms. The largest absolute Gasteiger partial charge is 0.455 e. The van der Waals surface area contributed by atoms with E-state index < -0.39 is 11.9 Å². The summed E-state index contributed by atoms with van der Waals surface area (Å²) in [4.78, 5) is 28.3. The molecule has 7 heteroatoms. The molecule has 0 aliphatic rings. The SMILES string of the molecule is Cc1ccc(-c2nc(CC(=O)OCC(=O)Nc3cccc(Cl)c3)cs2)cc1. The average Bonchev–Trinajstić information content (AvgIpc) is 3.09. The Morgan fingerprint density at radius 2 is 1.96 bits per heavy atom. The number of esters is 1. The zero-order valence-electron chi connectivity index (χ0n) is 14.6. The highest BCUT2D eigenvalue weighted by atomic mass is 35.5. The van der Waals surface area contributed by atoms with Gasteiger partial charge in [0.1, 0.15) is 5.01 Å². The van der Waals surface area contributed by atoms with Gasteiger partial charge in [0.05, 0.1) is 12.1 Å². The van der Waals surface area contributed by atoms with Gasteiger partial charge in [-0.15, -0.1) is 11.3 Å². The third-order valence-electron chi connectivity index (χ3n) is 3.65. The number of nitrogens with one attached hydrogen (secondary N) is 1. The van der Waals surface area contributed by atoms with Crippen molar-refractivity contribution >= 4 is 40.5 Å². The molecule has 0 fully saturated rings. The fourth-order valence-corrected chi connectivity index (χ4v) is 3.34. The second-order valence-corrected chi connectivity index (χ2v) is 7.20. The monoisotopic (exact) mass is 400 g/mol. The summed E-state index contributed by atoms with van der Waals surface area (Å²) >= 11 is 7.32. The molecule has 0 unspecified atom stereocenters. The predicted molar refractivity (Wildman–Crippen MR) is 107 cm³/mol. The van der Waals surface area contributed by atoms with Crippen LogP contribution in [0.1, 0.15) is 11.3 Å². The maximum atomic E-state index is 12.0. The summed E-state index contributed by atoms with van der Waals surface area (Å²) in [6, 6.07) is 14.8. The first-order chi connectivity index (χ1) is 13.0. The van der Waals surface area contributed by atoms with Gasteiger partial charge in [-0.1, -0.05) is 47.5 Å². The third-order valence-corrected chi connectivity index (χ3v) is 4.82. The van der Waals surface area contributed by atoms with Crippen LogP contribution < -0.4 is 5.32 Å². The Hall–Kier alpha value is -2.70. The van der Waals surface area contributed by atoms with E-state index in [0.717, 1.165) is 10.6 Å². The molecule has 1 aromatic heterocycles. The Bertz CT molecular complexity index is 954. The van der Waals surface area contributed by atoms with Crippen molar-refractivity contribution in [1.29, 1.82) is 0 Å². The molecule has 0 atom stereocenters. The van der Waals surface area contributed by atoms with Gasteiger partial charge in [-0.05, 0) is 25.1 Å². The van der Waals surface area contributed by atoms with Crippen molar-refractivity contribution in [2.24, 2.45) is 0 Å². The summed E-state index contributed by atoms with van der Waals surface area (Å²) < 4.78 is 5.02. The third kappa shape index (κ3) is 5.64. The number of amides is 1. The smallest absolute Gasteiger partial charge is 0.312 e. The van der Waals surface area contributed by atoms with Crippen LogP contribution in [0.3, 0.4) is 0 Å². The number of thiazole rings is 1. The molecular weight excluding hydrogens is 384 g/mol. The Morgan fingerprint density at radius 1 is 1.19 bits per heavy atom. The highest BCUT2D eigenvalue weighted by molar-refractivity contribution is 7.13. The molecule has 3 aromatic rings. The van der Waals surface area contributed by atoms with Crippen LogP contribution in [0.4, 0.5) is 5.69 Å². The molecule has 27 heavy (non-hydrogen) atoms. The quantitative estimate of drug-likeness (QED) is 0.619. The normalized spacial score (nSPS) is 10.4. The van der Waals surface area contributed by atoms with E-state index in [0.29, 0.717) is 16.4 Å². The first-order valence-electron chi connectivity index (χ1n) is 8.22. The van der Waals surface area contributed by atoms with Crippen molar-refractivity contribution in [3.8, 4) is 10.6 Å². The molecule has 1 N–H and O–H groups in total. The number of hydrogen-bond acceptors (Lipinski definition) is 5. The highest BCUT2D eigenvalue weighted by Gasteiger charge is 2.12. The molecule has 2 aromatic carbocycles. The molecule has 0 saturated carbocycles. The van der Waals surface area contributed by atoms with Gasteiger partial charge < -0.3 is 10.1 Å². The number of rotatable bonds is 6. The number of hydrogen-bond donors (Lipinski definition) is 1. The Labute approximate surface area is 166 Å². The topological polar surface area (TPSA) is 68.3 Å². The number of benzene rings is 2. The van der Waals surface area contributed by atoms with Crippen LogP contribution in [0.25, 0.3) is 10.6 Å². The minimum atomic E-state index is -0.503. The molecule has 3 rings (SSSR count). The van der Waals surface area contributed by atoms with Crippen LogP contribution in [0.5, 0.6) is 0 Å². The fraction of sp³-hybridized carbons (Fsp3) is 0.150. The second-order valence-electron chi connectivity index (χ2n) is 5.91. The van der Waals surface area contributed by atoms with Crippen LogP contribution in [0.2, 0.25) is 5.02 Å². The van der Waals surface area contributed by atoms with Gasteiger partial charge in [0.15, 0.2) is 6.61 Å². The van der Waals surface area contributed by atoms with Gasteiger partial charge in [-0.2, -0.15) is 0 Å². The van der Waals surface area contributed by atoms with Gasteiger partial charge in [0.25, 0.3) is 5.91 Å². The maximum absolute atomic E-state index is 12.0. The average molecular weight is 401 g/mol. The first-order valence-corrected chi connectivity index (χ1v) is 9.48. The van der Waals surface area contributed by atoms with Crippen molar-refractivity contribution in [3.05, 3.63) is 70.2 Å². The zero-order valence-corrected chi connectivity index (χ0v) is 16.1. The fourth-order valence-electron chi connectivity index (χ4n) is 2.33. The van der Waals surface area contributed by atoms with Gasteiger partial charge in [0, 0.05) is 21.7 Å². The highest BCUT2D eigenvalue weighted by Crippen LogP contribution is 2.24. The molecule has 0 spiro atoms. The van der Waals surface area contributed by atoms with E-state index >= 15 is 0 Å². The number of aromatic nitrogens is 1. The number of nitrogens with zero attached hydrogens (tertiary/aromatic N) is 1. The number of ether oxygens (including phenoxy) is 1. The van der Waals surface area contributed by atoms with Crippen LogP contribution in [-0.2, 0) is 20.7 Å². The molecule has 1 heterocycles. The van der Waals surface area contributed by atoms with Crippen molar-refractivity contribution in [2.45, 2.75) is 13.3 Å². The second kappa shape index (κ2) is 8.79. The zero-order chi connectivity index (χ0) is 19.2. The van der Waals surface area contributed by atoms with E-state index in [1.807, 2.05) is 36.6 Å². The first kappa shape index (κ1) is 19.1. The molecule has 1 amide bonds. The summed E-state index contributed by atoms with van der Waals surface area (Å²) in [6.45, 7) is 1.66. The van der Waals surface area contributed by atoms with E-state index in [2.05, 4.69) is 10.3 Å². The van der Waals surface area contributed by atoms with Crippen LogP contribution in [-0.4, -0.2) is 23.5 Å². The minimum Gasteiger partial charge on any atom is -0.455 e. The minimum absolute atomic E-state index is 0.0206. The summed E-state index contributed by atoms with van der Waals surface area (Å²) in [7, 11) is 0. The molecule has 5 nitrogen and oxygen atoms in total. The Balaban J connectivity index is 1.49. The molecular formula is C20H17ClN2O3S. The lowest BCUT2D eigenvalue weighted by molar-refractivity contribution is -0.146. The van der Waals surface area contributed by atoms with E-state index in [1.54, 1.807) is 24.3 Å². The summed E-state index contributed by atoms with van der Waals surface area (Å²) in [5.74, 6) is -0.929. The molecule has 0 radical (unpaired) electrons. The number of anilines is 1. The number of carbonyl (C=O) groups is 2. The van der Waals surface area contributed by atoms with Crippen LogP contribution in [0, 0.1) is 6.92 Å². The molecule has 138 valence electrons.